The fourth-order valence-corrected chi connectivity index (χ4v) is 2.84. The summed E-state index contributed by atoms with van der Waals surface area (Å²) in [6, 6.07) is 6.20. The molecule has 3 aromatic rings. The van der Waals surface area contributed by atoms with Gasteiger partial charge in [-0.25, -0.2) is 9.37 Å². The van der Waals surface area contributed by atoms with E-state index in [-0.39, 0.29) is 12.4 Å². The zero-order chi connectivity index (χ0) is 15.5. The maximum absolute atomic E-state index is 13.0. The Labute approximate surface area is 130 Å². The molecule has 22 heavy (non-hydrogen) atoms. The van der Waals surface area contributed by atoms with Crippen LogP contribution in [0.15, 0.2) is 29.6 Å². The number of halogens is 1. The maximum Gasteiger partial charge on any atom is 0.212 e. The normalized spacial score (nSPS) is 11.0. The van der Waals surface area contributed by atoms with Gasteiger partial charge in [0.25, 0.3) is 0 Å². The number of nitrogens with zero attached hydrogens (tertiary/aromatic N) is 4. The lowest BCUT2D eigenvalue weighted by molar-refractivity contribution is 0.178. The summed E-state index contributed by atoms with van der Waals surface area (Å²) in [6.07, 6.45) is 0. The summed E-state index contributed by atoms with van der Waals surface area (Å²) in [4.78, 5) is 4.53. The molecule has 0 bridgehead atoms. The Bertz CT molecular complexity index is 768. The Balaban J connectivity index is 1.97. The zero-order valence-electron chi connectivity index (χ0n) is 11.9. The second kappa shape index (κ2) is 6.30. The van der Waals surface area contributed by atoms with Crippen molar-refractivity contribution >= 4 is 11.3 Å². The second-order valence-corrected chi connectivity index (χ2v) is 5.39. The van der Waals surface area contributed by atoms with Gasteiger partial charge < -0.3 is 10.5 Å². The van der Waals surface area contributed by atoms with E-state index < -0.39 is 0 Å². The van der Waals surface area contributed by atoms with Gasteiger partial charge >= 0.3 is 0 Å². The van der Waals surface area contributed by atoms with Crippen LogP contribution in [0.3, 0.4) is 0 Å². The first-order valence-electron chi connectivity index (χ1n) is 6.57. The van der Waals surface area contributed by atoms with E-state index in [0.717, 1.165) is 17.0 Å². The lowest BCUT2D eigenvalue weighted by atomic mass is 10.2. The van der Waals surface area contributed by atoms with Crippen LogP contribution >= 0.6 is 11.3 Å². The highest BCUT2D eigenvalue weighted by Gasteiger charge is 2.16. The predicted octanol–water partition coefficient (Wildman–Crippen LogP) is 2.13. The molecular formula is C14H14FN5OS. The molecule has 0 aliphatic rings. The largest absolute Gasteiger partial charge is 0.378 e. The van der Waals surface area contributed by atoms with Crippen molar-refractivity contribution < 1.29 is 9.13 Å². The van der Waals surface area contributed by atoms with Gasteiger partial charge in [0, 0.05) is 24.6 Å². The zero-order valence-corrected chi connectivity index (χ0v) is 12.7. The minimum absolute atomic E-state index is 0.273. The Kier molecular flexibility index (Phi) is 4.23. The molecule has 3 rings (SSSR count). The van der Waals surface area contributed by atoms with Gasteiger partial charge in [0.15, 0.2) is 0 Å². The molecule has 0 spiro atoms. The van der Waals surface area contributed by atoms with Crippen LogP contribution in [0, 0.1) is 5.82 Å². The molecule has 0 saturated carbocycles. The van der Waals surface area contributed by atoms with Crippen molar-refractivity contribution in [2.45, 2.75) is 13.2 Å². The van der Waals surface area contributed by atoms with Crippen molar-refractivity contribution in [1.82, 2.24) is 20.0 Å². The third-order valence-electron chi connectivity index (χ3n) is 3.13. The van der Waals surface area contributed by atoms with E-state index in [1.807, 2.05) is 5.38 Å². The number of methoxy groups -OCH3 is 1. The predicted molar refractivity (Wildman–Crippen MR) is 81.0 cm³/mol. The minimum atomic E-state index is -0.273. The van der Waals surface area contributed by atoms with Crippen molar-refractivity contribution in [3.8, 4) is 16.4 Å². The van der Waals surface area contributed by atoms with Crippen molar-refractivity contribution in [2.75, 3.05) is 7.11 Å². The highest BCUT2D eigenvalue weighted by atomic mass is 32.1. The first-order valence-corrected chi connectivity index (χ1v) is 7.45. The number of hydrogen-bond acceptors (Lipinski definition) is 6. The third-order valence-corrected chi connectivity index (χ3v) is 3.95. The van der Waals surface area contributed by atoms with Crippen LogP contribution in [0.2, 0.25) is 0 Å². The lowest BCUT2D eigenvalue weighted by Gasteiger charge is -2.03. The number of hydrogen-bond donors (Lipinski definition) is 1. The molecule has 2 heterocycles. The summed E-state index contributed by atoms with van der Waals surface area (Å²) >= 11 is 1.42. The van der Waals surface area contributed by atoms with Crippen molar-refractivity contribution in [1.29, 1.82) is 0 Å². The second-order valence-electron chi connectivity index (χ2n) is 4.55. The summed E-state index contributed by atoms with van der Waals surface area (Å²) in [5.74, 6) is -0.273. The van der Waals surface area contributed by atoms with Gasteiger partial charge in [-0.1, -0.05) is 5.21 Å². The molecular weight excluding hydrogens is 305 g/mol. The van der Waals surface area contributed by atoms with Crippen LogP contribution in [-0.2, 0) is 17.9 Å². The van der Waals surface area contributed by atoms with Gasteiger partial charge in [-0.3, -0.25) is 0 Å². The quantitative estimate of drug-likeness (QED) is 0.779. The van der Waals surface area contributed by atoms with E-state index in [0.29, 0.717) is 17.4 Å². The summed E-state index contributed by atoms with van der Waals surface area (Å²) in [5, 5.41) is 10.7. The Morgan fingerprint density at radius 3 is 2.77 bits per heavy atom. The molecule has 0 fully saturated rings. The molecule has 6 nitrogen and oxygen atoms in total. The first-order chi connectivity index (χ1) is 10.7. The molecule has 0 atom stereocenters. The van der Waals surface area contributed by atoms with Crippen LogP contribution < -0.4 is 5.73 Å². The van der Waals surface area contributed by atoms with Crippen LogP contribution in [0.1, 0.15) is 11.4 Å². The van der Waals surface area contributed by atoms with E-state index in [9.17, 15) is 4.39 Å². The van der Waals surface area contributed by atoms with Gasteiger partial charge in [-0.15, -0.1) is 16.4 Å². The molecule has 0 unspecified atom stereocenters. The summed E-state index contributed by atoms with van der Waals surface area (Å²) in [5.41, 5.74) is 8.72. The molecule has 0 saturated heterocycles. The molecule has 8 heteroatoms. The molecule has 0 aliphatic carbocycles. The number of benzene rings is 1. The Morgan fingerprint density at radius 2 is 2.09 bits per heavy atom. The molecule has 1 aromatic carbocycles. The highest BCUT2D eigenvalue weighted by Crippen LogP contribution is 2.25. The monoisotopic (exact) mass is 319 g/mol. The van der Waals surface area contributed by atoms with Gasteiger partial charge in [0.2, 0.25) is 5.13 Å². The Morgan fingerprint density at radius 1 is 1.32 bits per heavy atom. The van der Waals surface area contributed by atoms with Gasteiger partial charge in [-0.05, 0) is 24.3 Å². The SMILES string of the molecule is COCc1c(CN)nnn1-c1nc(-c2ccc(F)cc2)cs1. The van der Waals surface area contributed by atoms with E-state index in [1.165, 1.54) is 23.5 Å². The van der Waals surface area contributed by atoms with Gasteiger partial charge in [-0.2, -0.15) is 4.68 Å². The lowest BCUT2D eigenvalue weighted by Crippen LogP contribution is -2.07. The third kappa shape index (κ3) is 2.76. The highest BCUT2D eigenvalue weighted by molar-refractivity contribution is 7.12. The number of rotatable bonds is 5. The van der Waals surface area contributed by atoms with Crippen LogP contribution in [0.4, 0.5) is 4.39 Å². The van der Waals surface area contributed by atoms with E-state index in [1.54, 1.807) is 23.9 Å². The van der Waals surface area contributed by atoms with Gasteiger partial charge in [0.1, 0.15) is 11.5 Å². The fourth-order valence-electron chi connectivity index (χ4n) is 2.04. The molecule has 0 radical (unpaired) electrons. The smallest absolute Gasteiger partial charge is 0.212 e. The van der Waals surface area contributed by atoms with E-state index >= 15 is 0 Å². The average molecular weight is 319 g/mol. The summed E-state index contributed by atoms with van der Waals surface area (Å²) in [7, 11) is 1.60. The first kappa shape index (κ1) is 14.8. The fraction of sp³-hybridized carbons (Fsp3) is 0.214. The van der Waals surface area contributed by atoms with E-state index in [4.69, 9.17) is 10.5 Å². The standard InChI is InChI=1S/C14H14FN5OS/c1-21-7-13-11(6-16)18-19-20(13)14-17-12(8-22-14)9-2-4-10(15)5-3-9/h2-5,8H,6-7,16H2,1H3. The number of ether oxygens (including phenoxy) is 1. The molecule has 114 valence electrons. The Hall–Kier alpha value is -2.16. The van der Waals surface area contributed by atoms with Crippen LogP contribution in [0.25, 0.3) is 16.4 Å². The topological polar surface area (TPSA) is 78.9 Å². The minimum Gasteiger partial charge on any atom is -0.378 e. The maximum atomic E-state index is 13.0. The van der Waals surface area contributed by atoms with Crippen LogP contribution in [0.5, 0.6) is 0 Å². The molecule has 2 N–H and O–H groups in total. The van der Waals surface area contributed by atoms with Crippen molar-refractivity contribution in [2.24, 2.45) is 5.73 Å². The van der Waals surface area contributed by atoms with E-state index in [2.05, 4.69) is 15.3 Å². The summed E-state index contributed by atoms with van der Waals surface area (Å²) < 4.78 is 19.8. The average Bonchev–Trinajstić information content (AvgIpc) is 3.15. The van der Waals surface area contributed by atoms with Crippen LogP contribution in [-0.4, -0.2) is 27.1 Å². The van der Waals surface area contributed by atoms with Crippen molar-refractivity contribution in [3.05, 3.63) is 46.9 Å². The van der Waals surface area contributed by atoms with Gasteiger partial charge in [0.05, 0.1) is 18.0 Å². The molecule has 0 amide bonds. The summed E-state index contributed by atoms with van der Waals surface area (Å²) in [6.45, 7) is 0.639. The van der Waals surface area contributed by atoms with Crippen molar-refractivity contribution in [3.63, 3.8) is 0 Å². The number of aromatic nitrogens is 4. The molecule has 0 aliphatic heterocycles. The molecule has 2 aromatic heterocycles. The number of thiazole rings is 1. The number of nitrogens with two attached hydrogens (primary N) is 1.